The summed E-state index contributed by atoms with van der Waals surface area (Å²) in [4.78, 5) is 20.4. The van der Waals surface area contributed by atoms with Crippen molar-refractivity contribution >= 4 is 33.4 Å². The standard InChI is InChI=1S/C12H8N2O2S2/c1-17-12-14-9-8(18-12)11(15)16-10(13-9)7-5-3-2-4-6-7/h2-6H,1H3. The third kappa shape index (κ3) is 1.93. The zero-order chi connectivity index (χ0) is 12.5. The highest BCUT2D eigenvalue weighted by molar-refractivity contribution is 8.00. The highest BCUT2D eigenvalue weighted by Gasteiger charge is 2.12. The SMILES string of the molecule is CSc1nc2nc(-c3ccccc3)oc(=O)c2s1. The van der Waals surface area contributed by atoms with E-state index >= 15 is 0 Å². The summed E-state index contributed by atoms with van der Waals surface area (Å²) >= 11 is 2.80. The number of aromatic nitrogens is 2. The molecule has 0 radical (unpaired) electrons. The van der Waals surface area contributed by atoms with Crippen LogP contribution < -0.4 is 5.63 Å². The minimum absolute atomic E-state index is 0.311. The Bertz CT molecular complexity index is 750. The van der Waals surface area contributed by atoms with Gasteiger partial charge in [-0.2, -0.15) is 4.98 Å². The Kier molecular flexibility index (Phi) is 2.89. The summed E-state index contributed by atoms with van der Waals surface area (Å²) < 4.78 is 6.52. The molecule has 0 fully saturated rings. The average molecular weight is 276 g/mol. The second kappa shape index (κ2) is 4.55. The zero-order valence-corrected chi connectivity index (χ0v) is 11.0. The third-order valence-corrected chi connectivity index (χ3v) is 4.38. The topological polar surface area (TPSA) is 56.0 Å². The maximum Gasteiger partial charge on any atom is 0.359 e. The normalized spacial score (nSPS) is 10.9. The number of benzene rings is 1. The van der Waals surface area contributed by atoms with E-state index in [-0.39, 0.29) is 5.63 Å². The molecule has 0 saturated heterocycles. The number of hydrogen-bond acceptors (Lipinski definition) is 6. The van der Waals surface area contributed by atoms with E-state index in [0.717, 1.165) is 9.90 Å². The molecule has 4 nitrogen and oxygen atoms in total. The van der Waals surface area contributed by atoms with Crippen LogP contribution in [-0.4, -0.2) is 16.2 Å². The van der Waals surface area contributed by atoms with Crippen molar-refractivity contribution in [3.8, 4) is 11.5 Å². The molecule has 0 unspecified atom stereocenters. The van der Waals surface area contributed by atoms with Crippen molar-refractivity contribution in [2.24, 2.45) is 0 Å². The predicted molar refractivity (Wildman–Crippen MR) is 73.2 cm³/mol. The van der Waals surface area contributed by atoms with E-state index in [0.29, 0.717) is 16.2 Å². The summed E-state index contributed by atoms with van der Waals surface area (Å²) in [7, 11) is 0. The van der Waals surface area contributed by atoms with Crippen molar-refractivity contribution in [2.75, 3.05) is 6.26 Å². The fourth-order valence-electron chi connectivity index (χ4n) is 1.55. The Balaban J connectivity index is 2.24. The molecule has 0 bridgehead atoms. The molecule has 0 spiro atoms. The van der Waals surface area contributed by atoms with E-state index in [9.17, 15) is 4.79 Å². The summed E-state index contributed by atoms with van der Waals surface area (Å²) in [5.41, 5.74) is 0.853. The van der Waals surface area contributed by atoms with Gasteiger partial charge in [0.2, 0.25) is 5.89 Å². The summed E-state index contributed by atoms with van der Waals surface area (Å²) in [6.07, 6.45) is 1.91. The lowest BCUT2D eigenvalue weighted by molar-refractivity contribution is 0.519. The second-order valence-corrected chi connectivity index (χ2v) is 5.56. The first-order valence-electron chi connectivity index (χ1n) is 5.19. The lowest BCUT2D eigenvalue weighted by Crippen LogP contribution is -2.00. The van der Waals surface area contributed by atoms with Crippen LogP contribution in [0.15, 0.2) is 43.9 Å². The van der Waals surface area contributed by atoms with Gasteiger partial charge in [0.15, 0.2) is 14.7 Å². The minimum atomic E-state index is -0.378. The predicted octanol–water partition coefficient (Wildman–Crippen LogP) is 3.03. The molecular weight excluding hydrogens is 268 g/mol. The van der Waals surface area contributed by atoms with Crippen molar-refractivity contribution in [1.29, 1.82) is 0 Å². The van der Waals surface area contributed by atoms with Gasteiger partial charge in [0.25, 0.3) is 0 Å². The fraction of sp³-hybridized carbons (Fsp3) is 0.0833. The smallest absolute Gasteiger partial charge is 0.359 e. The van der Waals surface area contributed by atoms with Crippen molar-refractivity contribution < 1.29 is 4.42 Å². The number of nitrogens with zero attached hydrogens (tertiary/aromatic N) is 2. The Morgan fingerprint density at radius 2 is 2.00 bits per heavy atom. The highest BCUT2D eigenvalue weighted by atomic mass is 32.2. The molecule has 6 heteroatoms. The molecule has 3 rings (SSSR count). The summed E-state index contributed by atoms with van der Waals surface area (Å²) in [5.74, 6) is 0.311. The number of rotatable bonds is 2. The van der Waals surface area contributed by atoms with Crippen LogP contribution >= 0.6 is 23.1 Å². The molecule has 1 aromatic carbocycles. The largest absolute Gasteiger partial charge is 0.402 e. The molecule has 2 aromatic heterocycles. The lowest BCUT2D eigenvalue weighted by Gasteiger charge is -1.97. The number of thioether (sulfide) groups is 1. The maximum absolute atomic E-state index is 11.9. The van der Waals surface area contributed by atoms with E-state index in [4.69, 9.17) is 4.42 Å². The highest BCUT2D eigenvalue weighted by Crippen LogP contribution is 2.26. The van der Waals surface area contributed by atoms with Gasteiger partial charge in [-0.25, -0.2) is 9.78 Å². The maximum atomic E-state index is 11.9. The van der Waals surface area contributed by atoms with Gasteiger partial charge in [-0.05, 0) is 18.4 Å². The van der Waals surface area contributed by atoms with Crippen LogP contribution in [0.3, 0.4) is 0 Å². The molecule has 90 valence electrons. The monoisotopic (exact) mass is 276 g/mol. The van der Waals surface area contributed by atoms with Gasteiger partial charge >= 0.3 is 5.63 Å². The fourth-order valence-corrected chi connectivity index (χ4v) is 2.92. The quantitative estimate of drug-likeness (QED) is 0.673. The van der Waals surface area contributed by atoms with Crippen LogP contribution in [0.2, 0.25) is 0 Å². The number of thiazole rings is 1. The molecule has 0 saturated carbocycles. The van der Waals surface area contributed by atoms with Crippen LogP contribution in [0.4, 0.5) is 0 Å². The van der Waals surface area contributed by atoms with E-state index in [2.05, 4.69) is 9.97 Å². The van der Waals surface area contributed by atoms with Crippen LogP contribution in [0.1, 0.15) is 0 Å². The van der Waals surface area contributed by atoms with Gasteiger partial charge in [0.05, 0.1) is 0 Å². The second-order valence-electron chi connectivity index (χ2n) is 3.51. The first kappa shape index (κ1) is 11.4. The Morgan fingerprint density at radius 3 is 2.72 bits per heavy atom. The van der Waals surface area contributed by atoms with Crippen molar-refractivity contribution in [1.82, 2.24) is 9.97 Å². The summed E-state index contributed by atoms with van der Waals surface area (Å²) in [5, 5.41) is 0. The van der Waals surface area contributed by atoms with Crippen LogP contribution in [0.5, 0.6) is 0 Å². The molecule has 0 amide bonds. The van der Waals surface area contributed by atoms with Crippen molar-refractivity contribution in [2.45, 2.75) is 4.34 Å². The van der Waals surface area contributed by atoms with Gasteiger partial charge in [-0.1, -0.05) is 41.3 Å². The van der Waals surface area contributed by atoms with E-state index in [1.165, 1.54) is 23.1 Å². The molecule has 18 heavy (non-hydrogen) atoms. The molecule has 0 aliphatic carbocycles. The van der Waals surface area contributed by atoms with Gasteiger partial charge in [0, 0.05) is 5.56 Å². The molecular formula is C12H8N2O2S2. The average Bonchev–Trinajstić information content (AvgIpc) is 2.83. The molecule has 2 heterocycles. The van der Waals surface area contributed by atoms with E-state index < -0.39 is 0 Å². The Labute approximate surface area is 111 Å². The summed E-state index contributed by atoms with van der Waals surface area (Å²) in [6, 6.07) is 9.33. The van der Waals surface area contributed by atoms with E-state index in [1.54, 1.807) is 0 Å². The molecule has 0 atom stereocenters. The molecule has 0 aliphatic heterocycles. The third-order valence-electron chi connectivity index (χ3n) is 2.37. The van der Waals surface area contributed by atoms with Gasteiger partial charge in [0.1, 0.15) is 0 Å². The molecule has 0 N–H and O–H groups in total. The van der Waals surface area contributed by atoms with Crippen LogP contribution in [0, 0.1) is 0 Å². The van der Waals surface area contributed by atoms with E-state index in [1.807, 2.05) is 36.6 Å². The summed E-state index contributed by atoms with van der Waals surface area (Å²) in [6.45, 7) is 0. The number of hydrogen-bond donors (Lipinski definition) is 0. The molecule has 0 aliphatic rings. The first-order valence-corrected chi connectivity index (χ1v) is 7.23. The van der Waals surface area contributed by atoms with Gasteiger partial charge in [-0.3, -0.25) is 0 Å². The Hall–Kier alpha value is -1.66. The minimum Gasteiger partial charge on any atom is -0.402 e. The number of fused-ring (bicyclic) bond motifs is 1. The van der Waals surface area contributed by atoms with Gasteiger partial charge in [-0.15, -0.1) is 0 Å². The van der Waals surface area contributed by atoms with Gasteiger partial charge < -0.3 is 4.42 Å². The molecule has 3 aromatic rings. The zero-order valence-electron chi connectivity index (χ0n) is 9.41. The first-order chi connectivity index (χ1) is 8.78. The van der Waals surface area contributed by atoms with Crippen molar-refractivity contribution in [3.63, 3.8) is 0 Å². The van der Waals surface area contributed by atoms with Crippen LogP contribution in [-0.2, 0) is 0 Å². The Morgan fingerprint density at radius 1 is 1.22 bits per heavy atom. The lowest BCUT2D eigenvalue weighted by atomic mass is 10.2. The van der Waals surface area contributed by atoms with Crippen molar-refractivity contribution in [3.05, 3.63) is 40.8 Å². The van der Waals surface area contributed by atoms with Crippen LogP contribution in [0.25, 0.3) is 21.8 Å².